The van der Waals surface area contributed by atoms with E-state index in [4.69, 9.17) is 9.40 Å². The molecular weight excluding hydrogens is 302 g/mol. The Bertz CT molecular complexity index is 745. The number of likely N-dealkylation sites (tertiary alicyclic amines) is 1. The van der Waals surface area contributed by atoms with Gasteiger partial charge in [-0.25, -0.2) is 4.98 Å². The number of aryl methyl sites for hydroxylation is 2. The first-order chi connectivity index (χ1) is 11.8. The van der Waals surface area contributed by atoms with Gasteiger partial charge in [-0.15, -0.1) is 10.2 Å². The summed E-state index contributed by atoms with van der Waals surface area (Å²) in [4.78, 5) is 7.29. The summed E-state index contributed by atoms with van der Waals surface area (Å²) in [6.45, 7) is 5.11. The maximum Gasteiger partial charge on any atom is 0.230 e. The second-order valence-corrected chi connectivity index (χ2v) is 7.62. The smallest absolute Gasteiger partial charge is 0.230 e. The minimum Gasteiger partial charge on any atom is -0.424 e. The molecule has 3 aliphatic rings. The van der Waals surface area contributed by atoms with Gasteiger partial charge in [0, 0.05) is 30.7 Å². The molecule has 1 aliphatic heterocycles. The van der Waals surface area contributed by atoms with Gasteiger partial charge >= 0.3 is 0 Å². The van der Waals surface area contributed by atoms with E-state index in [1.807, 2.05) is 0 Å². The van der Waals surface area contributed by atoms with Gasteiger partial charge in [0.15, 0.2) is 0 Å². The summed E-state index contributed by atoms with van der Waals surface area (Å²) >= 11 is 0. The highest BCUT2D eigenvalue weighted by Crippen LogP contribution is 2.39. The van der Waals surface area contributed by atoms with E-state index in [0.29, 0.717) is 12.0 Å². The first-order valence-electron chi connectivity index (χ1n) is 9.39. The SMILES string of the molecule is Cc1nc2c(n1[C@H]1CCN(Cc3nnc(C4CC4)o3)C1)CCCC2. The molecule has 1 saturated carbocycles. The van der Waals surface area contributed by atoms with Gasteiger partial charge in [-0.05, 0) is 51.9 Å². The maximum absolute atomic E-state index is 5.83. The molecule has 24 heavy (non-hydrogen) atoms. The molecule has 6 heteroatoms. The molecule has 0 aromatic carbocycles. The van der Waals surface area contributed by atoms with Crippen LogP contribution in [0.3, 0.4) is 0 Å². The minimum atomic E-state index is 0.540. The average molecular weight is 327 g/mol. The molecule has 2 aliphatic carbocycles. The molecule has 0 amide bonds. The lowest BCUT2D eigenvalue weighted by atomic mass is 10.0. The van der Waals surface area contributed by atoms with Crippen LogP contribution in [0.15, 0.2) is 4.42 Å². The van der Waals surface area contributed by atoms with E-state index >= 15 is 0 Å². The van der Waals surface area contributed by atoms with Crippen LogP contribution in [0.2, 0.25) is 0 Å². The third-order valence-corrected chi connectivity index (χ3v) is 5.73. The van der Waals surface area contributed by atoms with Crippen molar-refractivity contribution in [3.63, 3.8) is 0 Å². The van der Waals surface area contributed by atoms with Gasteiger partial charge < -0.3 is 8.98 Å². The Balaban J connectivity index is 1.29. The molecule has 2 fully saturated rings. The summed E-state index contributed by atoms with van der Waals surface area (Å²) in [5.74, 6) is 3.36. The Kier molecular flexibility index (Phi) is 3.47. The molecule has 2 aromatic rings. The highest BCUT2D eigenvalue weighted by molar-refractivity contribution is 5.21. The molecule has 6 nitrogen and oxygen atoms in total. The third kappa shape index (κ3) is 2.57. The van der Waals surface area contributed by atoms with Gasteiger partial charge in [-0.1, -0.05) is 0 Å². The first kappa shape index (κ1) is 14.6. The lowest BCUT2D eigenvalue weighted by molar-refractivity contribution is 0.275. The molecule has 3 heterocycles. The summed E-state index contributed by atoms with van der Waals surface area (Å²) in [6, 6.07) is 0.546. The Morgan fingerprint density at radius 1 is 1.12 bits per heavy atom. The fourth-order valence-corrected chi connectivity index (χ4v) is 4.37. The van der Waals surface area contributed by atoms with Crippen molar-refractivity contribution in [1.29, 1.82) is 0 Å². The molecule has 0 spiro atoms. The van der Waals surface area contributed by atoms with Crippen LogP contribution in [-0.2, 0) is 19.4 Å². The second-order valence-electron chi connectivity index (χ2n) is 7.62. The quantitative estimate of drug-likeness (QED) is 0.864. The normalized spacial score (nSPS) is 24.5. The zero-order valence-electron chi connectivity index (χ0n) is 14.4. The predicted molar refractivity (Wildman–Crippen MR) is 88.8 cm³/mol. The van der Waals surface area contributed by atoms with Gasteiger partial charge in [0.2, 0.25) is 11.8 Å². The molecule has 0 bridgehead atoms. The van der Waals surface area contributed by atoms with Crippen molar-refractivity contribution in [3.05, 3.63) is 29.0 Å². The molecule has 128 valence electrons. The monoisotopic (exact) mass is 327 g/mol. The summed E-state index contributed by atoms with van der Waals surface area (Å²) < 4.78 is 8.35. The van der Waals surface area contributed by atoms with Gasteiger partial charge in [0.1, 0.15) is 5.82 Å². The highest BCUT2D eigenvalue weighted by atomic mass is 16.4. The topological polar surface area (TPSA) is 60.0 Å². The maximum atomic E-state index is 5.83. The molecule has 0 unspecified atom stereocenters. The predicted octanol–water partition coefficient (Wildman–Crippen LogP) is 2.78. The Morgan fingerprint density at radius 3 is 2.88 bits per heavy atom. The van der Waals surface area contributed by atoms with Crippen LogP contribution in [-0.4, -0.2) is 37.7 Å². The van der Waals surface area contributed by atoms with Crippen LogP contribution >= 0.6 is 0 Å². The van der Waals surface area contributed by atoms with Gasteiger partial charge in [0.25, 0.3) is 0 Å². The van der Waals surface area contributed by atoms with Crippen LogP contribution < -0.4 is 0 Å². The van der Waals surface area contributed by atoms with Crippen LogP contribution in [0.25, 0.3) is 0 Å². The van der Waals surface area contributed by atoms with Crippen molar-refractivity contribution in [3.8, 4) is 0 Å². The Morgan fingerprint density at radius 2 is 2.00 bits per heavy atom. The number of fused-ring (bicyclic) bond motifs is 1. The molecule has 5 rings (SSSR count). The Hall–Kier alpha value is -1.69. The van der Waals surface area contributed by atoms with Crippen molar-refractivity contribution >= 4 is 0 Å². The number of hydrogen-bond acceptors (Lipinski definition) is 5. The van der Waals surface area contributed by atoms with E-state index in [-0.39, 0.29) is 0 Å². The highest BCUT2D eigenvalue weighted by Gasteiger charge is 2.32. The fraction of sp³-hybridized carbons (Fsp3) is 0.722. The molecule has 1 atom stereocenters. The molecule has 0 radical (unpaired) electrons. The largest absolute Gasteiger partial charge is 0.424 e. The number of hydrogen-bond donors (Lipinski definition) is 0. The lowest BCUT2D eigenvalue weighted by Gasteiger charge is -2.20. The van der Waals surface area contributed by atoms with Crippen LogP contribution in [0, 0.1) is 6.92 Å². The van der Waals surface area contributed by atoms with Crippen LogP contribution in [0.4, 0.5) is 0 Å². The standard InChI is InChI=1S/C18H25N5O/c1-12-19-15-4-2-3-5-16(15)23(12)14-8-9-22(10-14)11-17-20-21-18(24-17)13-6-7-13/h13-14H,2-11H2,1H3/t14-/m0/s1. The summed E-state index contributed by atoms with van der Waals surface area (Å²) in [6.07, 6.45) is 8.55. The van der Waals surface area contributed by atoms with Gasteiger partial charge in [-0.2, -0.15) is 0 Å². The number of aromatic nitrogens is 4. The number of imidazole rings is 1. The minimum absolute atomic E-state index is 0.540. The second kappa shape index (κ2) is 5.69. The van der Waals surface area contributed by atoms with E-state index in [0.717, 1.165) is 37.8 Å². The van der Waals surface area contributed by atoms with Crippen LogP contribution in [0.1, 0.15) is 73.1 Å². The fourth-order valence-electron chi connectivity index (χ4n) is 4.37. The van der Waals surface area contributed by atoms with Crippen molar-refractivity contribution < 1.29 is 4.42 Å². The summed E-state index contributed by atoms with van der Waals surface area (Å²) in [5, 5.41) is 8.44. The zero-order chi connectivity index (χ0) is 16.1. The van der Waals surface area contributed by atoms with Gasteiger partial charge in [0.05, 0.1) is 12.2 Å². The van der Waals surface area contributed by atoms with Gasteiger partial charge in [-0.3, -0.25) is 4.90 Å². The number of rotatable bonds is 4. The molecule has 1 saturated heterocycles. The lowest BCUT2D eigenvalue weighted by Crippen LogP contribution is -2.23. The number of nitrogens with zero attached hydrogens (tertiary/aromatic N) is 5. The zero-order valence-corrected chi connectivity index (χ0v) is 14.4. The summed E-state index contributed by atoms with van der Waals surface area (Å²) in [7, 11) is 0. The summed E-state index contributed by atoms with van der Waals surface area (Å²) in [5.41, 5.74) is 2.85. The van der Waals surface area contributed by atoms with Crippen molar-refractivity contribution in [1.82, 2.24) is 24.6 Å². The first-order valence-corrected chi connectivity index (χ1v) is 9.39. The van der Waals surface area contributed by atoms with E-state index in [2.05, 4.69) is 26.6 Å². The molecular formula is C18H25N5O. The van der Waals surface area contributed by atoms with Crippen molar-refractivity contribution in [2.24, 2.45) is 0 Å². The van der Waals surface area contributed by atoms with Crippen LogP contribution in [0.5, 0.6) is 0 Å². The average Bonchev–Trinajstić information content (AvgIpc) is 3.01. The van der Waals surface area contributed by atoms with Crippen molar-refractivity contribution in [2.45, 2.75) is 70.4 Å². The Labute approximate surface area is 142 Å². The van der Waals surface area contributed by atoms with Crippen molar-refractivity contribution in [2.75, 3.05) is 13.1 Å². The van der Waals surface area contributed by atoms with E-state index < -0.39 is 0 Å². The van der Waals surface area contributed by atoms with E-state index in [9.17, 15) is 0 Å². The van der Waals surface area contributed by atoms with E-state index in [1.54, 1.807) is 0 Å². The molecule has 0 N–H and O–H groups in total. The third-order valence-electron chi connectivity index (χ3n) is 5.73. The molecule has 2 aromatic heterocycles. The van der Waals surface area contributed by atoms with E-state index in [1.165, 1.54) is 55.7 Å².